The Bertz CT molecular complexity index is 395. The predicted molar refractivity (Wildman–Crippen MR) is 69.9 cm³/mol. The molecule has 0 spiro atoms. The molecule has 3 nitrogen and oxygen atoms in total. The summed E-state index contributed by atoms with van der Waals surface area (Å²) >= 11 is 0. The molecular formula is C14H20FNO2. The van der Waals surface area contributed by atoms with Gasteiger partial charge >= 0.3 is 5.97 Å². The number of carbonyl (C=O) groups excluding carboxylic acids is 1. The van der Waals surface area contributed by atoms with Crippen LogP contribution in [0.5, 0.6) is 0 Å². The van der Waals surface area contributed by atoms with Crippen molar-refractivity contribution in [2.75, 3.05) is 12.4 Å². The van der Waals surface area contributed by atoms with E-state index in [1.807, 2.05) is 0 Å². The molecule has 0 aliphatic rings. The quantitative estimate of drug-likeness (QED) is 0.837. The van der Waals surface area contributed by atoms with Crippen molar-refractivity contribution in [2.24, 2.45) is 5.41 Å². The summed E-state index contributed by atoms with van der Waals surface area (Å²) in [6, 6.07) is 5.49. The van der Waals surface area contributed by atoms with Gasteiger partial charge < -0.3 is 10.1 Å². The van der Waals surface area contributed by atoms with Crippen LogP contribution in [-0.4, -0.2) is 19.1 Å². The van der Waals surface area contributed by atoms with Gasteiger partial charge in [-0.25, -0.2) is 9.18 Å². The van der Waals surface area contributed by atoms with Crippen molar-refractivity contribution in [1.82, 2.24) is 0 Å². The Morgan fingerprint density at radius 1 is 1.33 bits per heavy atom. The molecule has 0 saturated carbocycles. The van der Waals surface area contributed by atoms with Gasteiger partial charge in [0.1, 0.15) is 11.9 Å². The minimum atomic E-state index is -0.430. The van der Waals surface area contributed by atoms with Gasteiger partial charge in [0, 0.05) is 5.69 Å². The molecule has 1 unspecified atom stereocenters. The van der Waals surface area contributed by atoms with E-state index in [1.165, 1.54) is 19.2 Å². The second kappa shape index (κ2) is 5.85. The van der Waals surface area contributed by atoms with Crippen molar-refractivity contribution in [3.8, 4) is 0 Å². The smallest absolute Gasteiger partial charge is 0.328 e. The predicted octanol–water partition coefficient (Wildman–Crippen LogP) is 3.22. The number of nitrogens with one attached hydrogen (secondary N) is 1. The molecule has 0 bridgehead atoms. The first-order chi connectivity index (χ1) is 8.31. The lowest BCUT2D eigenvalue weighted by Gasteiger charge is -2.25. The van der Waals surface area contributed by atoms with Gasteiger partial charge in [-0.15, -0.1) is 0 Å². The molecule has 1 aromatic carbocycles. The number of anilines is 1. The molecule has 0 radical (unpaired) electrons. The molecule has 1 rings (SSSR count). The van der Waals surface area contributed by atoms with Crippen LogP contribution in [0, 0.1) is 11.2 Å². The highest BCUT2D eigenvalue weighted by Gasteiger charge is 2.25. The van der Waals surface area contributed by atoms with E-state index < -0.39 is 6.04 Å². The summed E-state index contributed by atoms with van der Waals surface area (Å²) in [6.45, 7) is 6.15. The third kappa shape index (κ3) is 4.73. The van der Waals surface area contributed by atoms with E-state index >= 15 is 0 Å². The van der Waals surface area contributed by atoms with Crippen LogP contribution in [-0.2, 0) is 9.53 Å². The highest BCUT2D eigenvalue weighted by molar-refractivity contribution is 5.79. The monoisotopic (exact) mass is 253 g/mol. The van der Waals surface area contributed by atoms with Gasteiger partial charge in [0.2, 0.25) is 0 Å². The number of esters is 1. The Morgan fingerprint density at radius 2 is 1.89 bits per heavy atom. The number of hydrogen-bond acceptors (Lipinski definition) is 3. The molecule has 1 N–H and O–H groups in total. The van der Waals surface area contributed by atoms with Gasteiger partial charge in [-0.2, -0.15) is 0 Å². The highest BCUT2D eigenvalue weighted by Crippen LogP contribution is 2.23. The zero-order valence-electron chi connectivity index (χ0n) is 11.3. The fourth-order valence-electron chi connectivity index (χ4n) is 1.70. The van der Waals surface area contributed by atoms with Gasteiger partial charge in [-0.1, -0.05) is 20.8 Å². The lowest BCUT2D eigenvalue weighted by atomic mass is 9.88. The third-order valence-corrected chi connectivity index (χ3v) is 2.49. The summed E-state index contributed by atoms with van der Waals surface area (Å²) < 4.78 is 17.6. The highest BCUT2D eigenvalue weighted by atomic mass is 19.1. The number of hydrogen-bond donors (Lipinski definition) is 1. The molecule has 0 aromatic heterocycles. The van der Waals surface area contributed by atoms with Crippen molar-refractivity contribution in [3.05, 3.63) is 30.1 Å². The molecule has 0 amide bonds. The minimum Gasteiger partial charge on any atom is -0.467 e. The maximum atomic E-state index is 12.8. The number of halogens is 1. The zero-order chi connectivity index (χ0) is 13.8. The van der Waals surface area contributed by atoms with E-state index in [-0.39, 0.29) is 17.2 Å². The Hall–Kier alpha value is -1.58. The van der Waals surface area contributed by atoms with Crippen molar-refractivity contribution in [3.63, 3.8) is 0 Å². The summed E-state index contributed by atoms with van der Waals surface area (Å²) in [6.07, 6.45) is 0.636. The lowest BCUT2D eigenvalue weighted by Crippen LogP contribution is -2.34. The van der Waals surface area contributed by atoms with Gasteiger partial charge in [0.05, 0.1) is 7.11 Å². The molecule has 0 aliphatic carbocycles. The number of methoxy groups -OCH3 is 1. The molecule has 18 heavy (non-hydrogen) atoms. The van der Waals surface area contributed by atoms with Gasteiger partial charge in [0.25, 0.3) is 0 Å². The first kappa shape index (κ1) is 14.5. The molecule has 0 fully saturated rings. The lowest BCUT2D eigenvalue weighted by molar-refractivity contribution is -0.142. The van der Waals surface area contributed by atoms with E-state index in [2.05, 4.69) is 26.1 Å². The summed E-state index contributed by atoms with van der Waals surface area (Å²) in [5, 5.41) is 3.07. The SMILES string of the molecule is COC(=O)C(CC(C)(C)C)Nc1ccc(F)cc1. The zero-order valence-corrected chi connectivity index (χ0v) is 11.3. The Morgan fingerprint density at radius 3 is 2.33 bits per heavy atom. The maximum Gasteiger partial charge on any atom is 0.328 e. The van der Waals surface area contributed by atoms with Crippen LogP contribution in [0.2, 0.25) is 0 Å². The van der Waals surface area contributed by atoms with Crippen molar-refractivity contribution < 1.29 is 13.9 Å². The minimum absolute atomic E-state index is 0.00805. The fraction of sp³-hybridized carbons (Fsp3) is 0.500. The second-order valence-corrected chi connectivity index (χ2v) is 5.49. The van der Waals surface area contributed by atoms with Crippen LogP contribution >= 0.6 is 0 Å². The molecule has 0 heterocycles. The van der Waals surface area contributed by atoms with Gasteiger partial charge in [0.15, 0.2) is 0 Å². The van der Waals surface area contributed by atoms with Crippen molar-refractivity contribution in [2.45, 2.75) is 33.2 Å². The number of benzene rings is 1. The number of rotatable bonds is 4. The standard InChI is InChI=1S/C14H20FNO2/c1-14(2,3)9-12(13(17)18-4)16-11-7-5-10(15)6-8-11/h5-8,12,16H,9H2,1-4H3. The van der Waals surface area contributed by atoms with Crippen LogP contribution in [0.3, 0.4) is 0 Å². The molecule has 1 atom stereocenters. The Labute approximate surface area is 107 Å². The van der Waals surface area contributed by atoms with E-state index in [9.17, 15) is 9.18 Å². The fourth-order valence-corrected chi connectivity index (χ4v) is 1.70. The normalized spacial score (nSPS) is 12.9. The number of carbonyl (C=O) groups is 1. The third-order valence-electron chi connectivity index (χ3n) is 2.49. The van der Waals surface area contributed by atoms with Crippen LogP contribution < -0.4 is 5.32 Å². The number of ether oxygens (including phenoxy) is 1. The Kier molecular flexibility index (Phi) is 4.70. The maximum absolute atomic E-state index is 12.8. The summed E-state index contributed by atoms with van der Waals surface area (Å²) in [5.74, 6) is -0.611. The van der Waals surface area contributed by atoms with E-state index in [4.69, 9.17) is 4.74 Å². The van der Waals surface area contributed by atoms with E-state index in [1.54, 1.807) is 12.1 Å². The second-order valence-electron chi connectivity index (χ2n) is 5.49. The van der Waals surface area contributed by atoms with Gasteiger partial charge in [-0.05, 0) is 36.1 Å². The Balaban J connectivity index is 2.78. The molecule has 0 aliphatic heterocycles. The first-order valence-electron chi connectivity index (χ1n) is 5.92. The van der Waals surface area contributed by atoms with Crippen LogP contribution in [0.1, 0.15) is 27.2 Å². The topological polar surface area (TPSA) is 38.3 Å². The molecule has 100 valence electrons. The van der Waals surface area contributed by atoms with Crippen LogP contribution in [0.15, 0.2) is 24.3 Å². The molecule has 4 heteroatoms. The van der Waals surface area contributed by atoms with E-state index in [0.29, 0.717) is 12.1 Å². The molecular weight excluding hydrogens is 233 g/mol. The van der Waals surface area contributed by atoms with Crippen LogP contribution in [0.25, 0.3) is 0 Å². The summed E-state index contributed by atoms with van der Waals surface area (Å²) in [5.41, 5.74) is 0.697. The summed E-state index contributed by atoms with van der Waals surface area (Å²) in [4.78, 5) is 11.7. The first-order valence-corrected chi connectivity index (χ1v) is 5.92. The molecule has 1 aromatic rings. The van der Waals surface area contributed by atoms with Crippen molar-refractivity contribution in [1.29, 1.82) is 0 Å². The van der Waals surface area contributed by atoms with Crippen LogP contribution in [0.4, 0.5) is 10.1 Å². The summed E-state index contributed by atoms with van der Waals surface area (Å²) in [7, 11) is 1.37. The largest absolute Gasteiger partial charge is 0.467 e. The van der Waals surface area contributed by atoms with Gasteiger partial charge in [-0.3, -0.25) is 0 Å². The average molecular weight is 253 g/mol. The molecule has 0 saturated heterocycles. The average Bonchev–Trinajstić information content (AvgIpc) is 2.28. The van der Waals surface area contributed by atoms with E-state index in [0.717, 1.165) is 0 Å². The van der Waals surface area contributed by atoms with Crippen molar-refractivity contribution >= 4 is 11.7 Å².